The largest absolute Gasteiger partial charge is 0.274 e. The second kappa shape index (κ2) is 6.37. The summed E-state index contributed by atoms with van der Waals surface area (Å²) in [6.07, 6.45) is 4.23. The molecule has 3 heterocycles. The fraction of sp³-hybridized carbons (Fsp3) is 0.105. The second-order valence-corrected chi connectivity index (χ2v) is 6.36. The third-order valence-corrected chi connectivity index (χ3v) is 4.76. The molecule has 0 saturated carbocycles. The number of aromatic nitrogens is 1. The third kappa shape index (κ3) is 2.74. The molecule has 5 heteroatoms. The van der Waals surface area contributed by atoms with Crippen molar-refractivity contribution in [1.29, 1.82) is 0 Å². The maximum atomic E-state index is 12.9. The molecule has 118 valence electrons. The van der Waals surface area contributed by atoms with E-state index in [1.165, 1.54) is 0 Å². The van der Waals surface area contributed by atoms with Crippen LogP contribution in [0.15, 0.2) is 76.8 Å². The molecule has 0 spiro atoms. The number of amides is 1. The van der Waals surface area contributed by atoms with Crippen LogP contribution in [0.3, 0.4) is 0 Å². The van der Waals surface area contributed by atoms with E-state index in [4.69, 9.17) is 0 Å². The van der Waals surface area contributed by atoms with E-state index >= 15 is 0 Å². The first-order chi connectivity index (χ1) is 11.8. The van der Waals surface area contributed by atoms with Gasteiger partial charge in [-0.3, -0.25) is 9.78 Å². The SMILES string of the molecule is O=C(c1ccccc1)N1N=C(c2cccnc2)CC1c1ccsc1. The van der Waals surface area contributed by atoms with Crippen LogP contribution in [0, 0.1) is 0 Å². The number of pyridine rings is 1. The van der Waals surface area contributed by atoms with Gasteiger partial charge in [-0.2, -0.15) is 16.4 Å². The van der Waals surface area contributed by atoms with Crippen molar-refractivity contribution in [3.05, 3.63) is 88.4 Å². The molecule has 1 amide bonds. The smallest absolute Gasteiger partial charge is 0.267 e. The molecule has 0 saturated heterocycles. The van der Waals surface area contributed by atoms with Crippen molar-refractivity contribution in [1.82, 2.24) is 9.99 Å². The molecule has 3 aromatic rings. The monoisotopic (exact) mass is 333 g/mol. The maximum absolute atomic E-state index is 12.9. The lowest BCUT2D eigenvalue weighted by molar-refractivity contribution is 0.0711. The van der Waals surface area contributed by atoms with Crippen LogP contribution in [0.25, 0.3) is 0 Å². The zero-order valence-electron chi connectivity index (χ0n) is 12.9. The summed E-state index contributed by atoms with van der Waals surface area (Å²) in [6.45, 7) is 0. The lowest BCUT2D eigenvalue weighted by Crippen LogP contribution is -2.26. The van der Waals surface area contributed by atoms with Gasteiger partial charge in [0.1, 0.15) is 0 Å². The van der Waals surface area contributed by atoms with Crippen LogP contribution in [0.5, 0.6) is 0 Å². The number of hydrazone groups is 1. The number of carbonyl (C=O) groups excluding carboxylic acids is 1. The summed E-state index contributed by atoms with van der Waals surface area (Å²) in [4.78, 5) is 17.1. The first kappa shape index (κ1) is 14.8. The fourth-order valence-corrected chi connectivity index (χ4v) is 3.55. The van der Waals surface area contributed by atoms with Crippen molar-refractivity contribution in [2.45, 2.75) is 12.5 Å². The average Bonchev–Trinajstić information content (AvgIpc) is 3.32. The van der Waals surface area contributed by atoms with E-state index in [2.05, 4.69) is 21.5 Å². The summed E-state index contributed by atoms with van der Waals surface area (Å²) in [7, 11) is 0. The van der Waals surface area contributed by atoms with Gasteiger partial charge in [-0.15, -0.1) is 0 Å². The van der Waals surface area contributed by atoms with Crippen LogP contribution in [-0.4, -0.2) is 21.6 Å². The fourth-order valence-electron chi connectivity index (χ4n) is 2.84. The van der Waals surface area contributed by atoms with Crippen LogP contribution < -0.4 is 0 Å². The molecule has 4 nitrogen and oxygen atoms in total. The summed E-state index contributed by atoms with van der Waals surface area (Å²) in [5.74, 6) is -0.0781. The summed E-state index contributed by atoms with van der Waals surface area (Å²) in [6, 6.07) is 15.1. The summed E-state index contributed by atoms with van der Waals surface area (Å²) in [5, 5.41) is 10.4. The minimum Gasteiger partial charge on any atom is -0.267 e. The van der Waals surface area contributed by atoms with Gasteiger partial charge in [0.15, 0.2) is 0 Å². The van der Waals surface area contributed by atoms with Crippen molar-refractivity contribution in [2.75, 3.05) is 0 Å². The molecule has 0 fully saturated rings. The number of rotatable bonds is 3. The predicted octanol–water partition coefficient (Wildman–Crippen LogP) is 4.13. The highest BCUT2D eigenvalue weighted by Gasteiger charge is 2.33. The number of carbonyl (C=O) groups is 1. The zero-order valence-corrected chi connectivity index (χ0v) is 13.7. The minimum absolute atomic E-state index is 0.0702. The number of hydrogen-bond acceptors (Lipinski definition) is 4. The van der Waals surface area contributed by atoms with Crippen molar-refractivity contribution >= 4 is 23.0 Å². The van der Waals surface area contributed by atoms with Crippen molar-refractivity contribution in [3.8, 4) is 0 Å². The maximum Gasteiger partial charge on any atom is 0.274 e. The molecule has 1 unspecified atom stereocenters. The number of benzene rings is 1. The van der Waals surface area contributed by atoms with Crippen molar-refractivity contribution < 1.29 is 4.79 Å². The van der Waals surface area contributed by atoms with Crippen LogP contribution in [0.2, 0.25) is 0 Å². The topological polar surface area (TPSA) is 45.6 Å². The van der Waals surface area contributed by atoms with E-state index in [9.17, 15) is 4.79 Å². The highest BCUT2D eigenvalue weighted by atomic mass is 32.1. The van der Waals surface area contributed by atoms with E-state index in [1.54, 1.807) is 28.7 Å². The van der Waals surface area contributed by atoms with Crippen LogP contribution in [-0.2, 0) is 0 Å². The van der Waals surface area contributed by atoms with Gasteiger partial charge in [0.25, 0.3) is 5.91 Å². The Bertz CT molecular complexity index is 860. The Hall–Kier alpha value is -2.79. The molecule has 0 N–H and O–H groups in total. The molecule has 1 aliphatic rings. The van der Waals surface area contributed by atoms with Crippen LogP contribution in [0.4, 0.5) is 0 Å². The molecule has 1 aliphatic heterocycles. The molecule has 1 atom stereocenters. The Morgan fingerprint density at radius 2 is 2.00 bits per heavy atom. The number of hydrogen-bond donors (Lipinski definition) is 0. The van der Waals surface area contributed by atoms with Gasteiger partial charge < -0.3 is 0 Å². The van der Waals surface area contributed by atoms with E-state index in [0.717, 1.165) is 16.8 Å². The van der Waals surface area contributed by atoms with Crippen LogP contribution in [0.1, 0.15) is 33.9 Å². The van der Waals surface area contributed by atoms with E-state index in [1.807, 2.05) is 47.8 Å². The van der Waals surface area contributed by atoms with Gasteiger partial charge in [-0.1, -0.05) is 24.3 Å². The van der Waals surface area contributed by atoms with Gasteiger partial charge in [0.2, 0.25) is 0 Å². The van der Waals surface area contributed by atoms with Crippen molar-refractivity contribution in [2.24, 2.45) is 5.10 Å². The van der Waals surface area contributed by atoms with Crippen molar-refractivity contribution in [3.63, 3.8) is 0 Å². The van der Waals surface area contributed by atoms with Gasteiger partial charge in [0.05, 0.1) is 11.8 Å². The normalized spacial score (nSPS) is 16.9. The Morgan fingerprint density at radius 3 is 2.71 bits per heavy atom. The molecular formula is C19H15N3OS. The van der Waals surface area contributed by atoms with Gasteiger partial charge in [-0.25, -0.2) is 5.01 Å². The summed E-state index contributed by atoms with van der Waals surface area (Å²) < 4.78 is 0. The van der Waals surface area contributed by atoms with E-state index in [0.29, 0.717) is 12.0 Å². The minimum atomic E-state index is -0.0781. The second-order valence-electron chi connectivity index (χ2n) is 5.58. The first-order valence-electron chi connectivity index (χ1n) is 7.71. The highest BCUT2D eigenvalue weighted by Crippen LogP contribution is 2.34. The molecule has 1 aromatic carbocycles. The third-order valence-electron chi connectivity index (χ3n) is 4.06. The highest BCUT2D eigenvalue weighted by molar-refractivity contribution is 7.08. The Kier molecular flexibility index (Phi) is 3.92. The summed E-state index contributed by atoms with van der Waals surface area (Å²) >= 11 is 1.63. The van der Waals surface area contributed by atoms with Gasteiger partial charge in [-0.05, 0) is 40.6 Å². The Balaban J connectivity index is 1.72. The molecule has 0 aliphatic carbocycles. The average molecular weight is 333 g/mol. The van der Waals surface area contributed by atoms with Crippen LogP contribution >= 0.6 is 11.3 Å². The van der Waals surface area contributed by atoms with E-state index in [-0.39, 0.29) is 11.9 Å². The lowest BCUT2D eigenvalue weighted by atomic mass is 10.0. The lowest BCUT2D eigenvalue weighted by Gasteiger charge is -2.21. The zero-order chi connectivity index (χ0) is 16.4. The molecule has 0 bridgehead atoms. The molecule has 0 radical (unpaired) electrons. The standard InChI is InChI=1S/C19H15N3OS/c23-19(14-5-2-1-3-6-14)22-18(16-8-10-24-13-16)11-17(21-22)15-7-4-9-20-12-15/h1-10,12-13,18H,11H2. The molecule has 24 heavy (non-hydrogen) atoms. The molecule has 4 rings (SSSR count). The van der Waals surface area contributed by atoms with Gasteiger partial charge in [0, 0.05) is 29.9 Å². The predicted molar refractivity (Wildman–Crippen MR) is 95.1 cm³/mol. The summed E-state index contributed by atoms with van der Waals surface area (Å²) in [5.41, 5.74) is 3.62. The first-order valence-corrected chi connectivity index (χ1v) is 8.66. The van der Waals surface area contributed by atoms with Gasteiger partial charge >= 0.3 is 0 Å². The Labute approximate surface area is 144 Å². The molecular weight excluding hydrogens is 318 g/mol. The van der Waals surface area contributed by atoms with E-state index < -0.39 is 0 Å². The Morgan fingerprint density at radius 1 is 1.12 bits per heavy atom. The quantitative estimate of drug-likeness (QED) is 0.723. The number of nitrogens with zero attached hydrogens (tertiary/aromatic N) is 3. The molecule has 2 aromatic heterocycles. The number of thiophene rings is 1.